The van der Waals surface area contributed by atoms with Gasteiger partial charge in [0.2, 0.25) is 0 Å². The van der Waals surface area contributed by atoms with Crippen molar-refractivity contribution >= 4 is 40.7 Å². The SMILES string of the molecule is NC1=NN(c2ccccc2)C=CC1C(=O)Oc1ccc(Cl)cc1Cl. The molecule has 5 nitrogen and oxygen atoms in total. The Morgan fingerprint density at radius 3 is 2.58 bits per heavy atom. The molecule has 0 saturated carbocycles. The first-order valence-electron chi connectivity index (χ1n) is 7.08. The highest BCUT2D eigenvalue weighted by atomic mass is 35.5. The van der Waals surface area contributed by atoms with Gasteiger partial charge in [-0.2, -0.15) is 5.10 Å². The number of hydrazone groups is 1. The van der Waals surface area contributed by atoms with Crippen LogP contribution in [0.3, 0.4) is 0 Å². The third-order valence-corrected chi connectivity index (χ3v) is 3.87. The van der Waals surface area contributed by atoms with Gasteiger partial charge in [0.05, 0.1) is 10.7 Å². The van der Waals surface area contributed by atoms with Crippen molar-refractivity contribution in [3.63, 3.8) is 0 Å². The highest BCUT2D eigenvalue weighted by Crippen LogP contribution is 2.28. The zero-order valence-electron chi connectivity index (χ0n) is 12.4. The van der Waals surface area contributed by atoms with Crippen LogP contribution in [0.15, 0.2) is 65.9 Å². The lowest BCUT2D eigenvalue weighted by atomic mass is 10.1. The molecule has 0 spiro atoms. The van der Waals surface area contributed by atoms with E-state index in [1.165, 1.54) is 12.1 Å². The van der Waals surface area contributed by atoms with Crippen LogP contribution in [0.2, 0.25) is 10.0 Å². The van der Waals surface area contributed by atoms with Gasteiger partial charge >= 0.3 is 5.97 Å². The normalized spacial score (nSPS) is 16.7. The summed E-state index contributed by atoms with van der Waals surface area (Å²) in [4.78, 5) is 12.3. The molecule has 2 N–H and O–H groups in total. The first-order chi connectivity index (χ1) is 11.5. The highest BCUT2D eigenvalue weighted by molar-refractivity contribution is 6.35. The average molecular weight is 362 g/mol. The number of anilines is 1. The summed E-state index contributed by atoms with van der Waals surface area (Å²) in [5.41, 5.74) is 6.76. The Labute approximate surface area is 148 Å². The van der Waals surface area contributed by atoms with Gasteiger partial charge in [0.15, 0.2) is 0 Å². The smallest absolute Gasteiger partial charge is 0.326 e. The second-order valence-electron chi connectivity index (χ2n) is 5.02. The van der Waals surface area contributed by atoms with Crippen molar-refractivity contribution in [2.45, 2.75) is 0 Å². The van der Waals surface area contributed by atoms with Crippen LogP contribution in [0.25, 0.3) is 0 Å². The molecule has 122 valence electrons. The molecule has 1 aliphatic rings. The van der Waals surface area contributed by atoms with E-state index in [0.29, 0.717) is 5.02 Å². The van der Waals surface area contributed by atoms with Crippen LogP contribution < -0.4 is 15.5 Å². The highest BCUT2D eigenvalue weighted by Gasteiger charge is 2.26. The van der Waals surface area contributed by atoms with Crippen molar-refractivity contribution in [3.8, 4) is 5.75 Å². The molecular formula is C17H13Cl2N3O2. The fourth-order valence-corrected chi connectivity index (χ4v) is 2.59. The van der Waals surface area contributed by atoms with Gasteiger partial charge in [0.25, 0.3) is 0 Å². The number of halogens is 2. The number of nitrogens with two attached hydrogens (primary N) is 1. The van der Waals surface area contributed by atoms with E-state index in [-0.39, 0.29) is 16.6 Å². The predicted molar refractivity (Wildman–Crippen MR) is 95.3 cm³/mol. The standard InChI is InChI=1S/C17H13Cl2N3O2/c18-11-6-7-15(14(19)10-11)24-17(23)13-8-9-22(21-16(13)20)12-4-2-1-3-5-12/h1-10,13H,(H2,20,21). The minimum atomic E-state index is -0.781. The Kier molecular flexibility index (Phi) is 4.74. The summed E-state index contributed by atoms with van der Waals surface area (Å²) < 4.78 is 5.29. The van der Waals surface area contributed by atoms with E-state index in [2.05, 4.69) is 5.10 Å². The van der Waals surface area contributed by atoms with E-state index in [1.54, 1.807) is 23.4 Å². The van der Waals surface area contributed by atoms with Gasteiger partial charge in [0.1, 0.15) is 17.5 Å². The van der Waals surface area contributed by atoms with E-state index in [9.17, 15) is 4.79 Å². The average Bonchev–Trinajstić information content (AvgIpc) is 2.58. The molecule has 1 heterocycles. The summed E-state index contributed by atoms with van der Waals surface area (Å²) in [5, 5.41) is 6.51. The van der Waals surface area contributed by atoms with Gasteiger partial charge in [-0.05, 0) is 36.4 Å². The van der Waals surface area contributed by atoms with Crippen LogP contribution in [0.4, 0.5) is 5.69 Å². The molecule has 0 amide bonds. The third-order valence-electron chi connectivity index (χ3n) is 3.34. The summed E-state index contributed by atoms with van der Waals surface area (Å²) in [6.07, 6.45) is 3.29. The maximum absolute atomic E-state index is 12.3. The molecule has 24 heavy (non-hydrogen) atoms. The molecular weight excluding hydrogens is 349 g/mol. The minimum Gasteiger partial charge on any atom is -0.424 e. The van der Waals surface area contributed by atoms with E-state index in [4.69, 9.17) is 33.7 Å². The lowest BCUT2D eigenvalue weighted by Gasteiger charge is -2.22. The number of benzene rings is 2. The molecule has 0 fully saturated rings. The Hall–Kier alpha value is -2.50. The molecule has 7 heteroatoms. The number of para-hydroxylation sites is 1. The molecule has 1 atom stereocenters. The second-order valence-corrected chi connectivity index (χ2v) is 5.86. The van der Waals surface area contributed by atoms with Crippen molar-refractivity contribution in [2.75, 3.05) is 5.01 Å². The molecule has 0 saturated heterocycles. The summed E-state index contributed by atoms with van der Waals surface area (Å²) in [7, 11) is 0. The summed E-state index contributed by atoms with van der Waals surface area (Å²) in [5.74, 6) is -0.990. The molecule has 0 aliphatic carbocycles. The zero-order chi connectivity index (χ0) is 17.1. The van der Waals surface area contributed by atoms with E-state index >= 15 is 0 Å². The summed E-state index contributed by atoms with van der Waals surface area (Å²) in [6.45, 7) is 0. The molecule has 0 bridgehead atoms. The largest absolute Gasteiger partial charge is 0.424 e. The monoisotopic (exact) mass is 361 g/mol. The van der Waals surface area contributed by atoms with Crippen molar-refractivity contribution in [1.82, 2.24) is 0 Å². The van der Waals surface area contributed by atoms with Crippen molar-refractivity contribution in [1.29, 1.82) is 0 Å². The number of hydrogen-bond donors (Lipinski definition) is 1. The van der Waals surface area contributed by atoms with Crippen LogP contribution in [0, 0.1) is 5.92 Å². The van der Waals surface area contributed by atoms with Gasteiger partial charge in [-0.1, -0.05) is 41.4 Å². The fourth-order valence-electron chi connectivity index (χ4n) is 2.14. The van der Waals surface area contributed by atoms with Crippen LogP contribution in [-0.4, -0.2) is 11.8 Å². The number of hydrogen-bond acceptors (Lipinski definition) is 5. The quantitative estimate of drug-likeness (QED) is 0.666. The van der Waals surface area contributed by atoms with Crippen molar-refractivity contribution in [3.05, 3.63) is 70.9 Å². The van der Waals surface area contributed by atoms with Crippen LogP contribution in [-0.2, 0) is 4.79 Å². The van der Waals surface area contributed by atoms with Crippen molar-refractivity contribution in [2.24, 2.45) is 16.8 Å². The number of rotatable bonds is 3. The lowest BCUT2D eigenvalue weighted by molar-refractivity contribution is -0.135. The van der Waals surface area contributed by atoms with Gasteiger partial charge < -0.3 is 10.5 Å². The van der Waals surface area contributed by atoms with Crippen LogP contribution in [0.1, 0.15) is 0 Å². The number of amidine groups is 1. The maximum atomic E-state index is 12.3. The lowest BCUT2D eigenvalue weighted by Crippen LogP contribution is -2.36. The Morgan fingerprint density at radius 2 is 1.92 bits per heavy atom. The Bertz CT molecular complexity index is 822. The molecule has 0 aromatic heterocycles. The molecule has 2 aromatic rings. The Balaban J connectivity index is 1.74. The fraction of sp³-hybridized carbons (Fsp3) is 0.0588. The third kappa shape index (κ3) is 3.53. The van der Waals surface area contributed by atoms with Gasteiger partial charge in [-0.3, -0.25) is 4.79 Å². The first-order valence-corrected chi connectivity index (χ1v) is 7.83. The number of ether oxygens (including phenoxy) is 1. The second kappa shape index (κ2) is 6.95. The number of esters is 1. The molecule has 1 aliphatic heterocycles. The molecule has 1 unspecified atom stereocenters. The van der Waals surface area contributed by atoms with Gasteiger partial charge in [0, 0.05) is 11.2 Å². The number of carbonyl (C=O) groups excluding carboxylic acids is 1. The topological polar surface area (TPSA) is 67.9 Å². The van der Waals surface area contributed by atoms with E-state index in [1.807, 2.05) is 30.3 Å². The number of carbonyl (C=O) groups is 1. The van der Waals surface area contributed by atoms with Crippen molar-refractivity contribution < 1.29 is 9.53 Å². The van der Waals surface area contributed by atoms with E-state index < -0.39 is 11.9 Å². The summed E-state index contributed by atoms with van der Waals surface area (Å²) >= 11 is 11.8. The first kappa shape index (κ1) is 16.4. The van der Waals surface area contributed by atoms with Gasteiger partial charge in [-0.25, -0.2) is 5.01 Å². The van der Waals surface area contributed by atoms with Gasteiger partial charge in [-0.15, -0.1) is 0 Å². The Morgan fingerprint density at radius 1 is 1.17 bits per heavy atom. The predicted octanol–water partition coefficient (Wildman–Crippen LogP) is 3.82. The molecule has 0 radical (unpaired) electrons. The number of nitrogens with zero attached hydrogens (tertiary/aromatic N) is 2. The summed E-state index contributed by atoms with van der Waals surface area (Å²) in [6, 6.07) is 14.0. The zero-order valence-corrected chi connectivity index (χ0v) is 13.9. The van der Waals surface area contributed by atoms with E-state index in [0.717, 1.165) is 5.69 Å². The minimum absolute atomic E-state index is 0.136. The maximum Gasteiger partial charge on any atom is 0.326 e. The molecule has 2 aromatic carbocycles. The van der Waals surface area contributed by atoms with Crippen LogP contribution in [0.5, 0.6) is 5.75 Å². The van der Waals surface area contributed by atoms with Crippen LogP contribution >= 0.6 is 23.2 Å². The molecule has 3 rings (SSSR count).